The quantitative estimate of drug-likeness (QED) is 0.0994. The monoisotopic (exact) mass is 732 g/mol. The van der Waals surface area contributed by atoms with Gasteiger partial charge in [0.25, 0.3) is 0 Å². The highest BCUT2D eigenvalue weighted by atomic mass is 16.3. The summed E-state index contributed by atoms with van der Waals surface area (Å²) in [6.07, 6.45) is 1.33. The minimum atomic E-state index is -0.944. The van der Waals surface area contributed by atoms with E-state index in [4.69, 9.17) is 9.98 Å². The number of aliphatic hydroxyl groups is 2. The highest BCUT2D eigenvalue weighted by Crippen LogP contribution is 2.47. The molecule has 4 atom stereocenters. The zero-order valence-electron chi connectivity index (χ0n) is 30.5. The summed E-state index contributed by atoms with van der Waals surface area (Å²) in [4.78, 5) is 9.84. The SMILES string of the molecule is Oc1c(C=N[C@@H](c2ccccc2)[C@H](O)c2ccccc2)cc2ccccc2c1-c1c(O)c(C=N[C@@H](c2ccccc2)[C@H](O)c2ccccc2)cc2ccccc12. The molecule has 8 rings (SSSR count). The average Bonchev–Trinajstić information content (AvgIpc) is 3.26. The Hall–Kier alpha value is -6.86. The van der Waals surface area contributed by atoms with Gasteiger partial charge in [-0.05, 0) is 55.9 Å². The lowest BCUT2D eigenvalue weighted by Gasteiger charge is -2.21. The molecular formula is C50H40N2O4. The lowest BCUT2D eigenvalue weighted by atomic mass is 9.89. The number of aromatic hydroxyl groups is 2. The van der Waals surface area contributed by atoms with Crippen LogP contribution in [0.4, 0.5) is 0 Å². The van der Waals surface area contributed by atoms with E-state index in [9.17, 15) is 20.4 Å². The number of phenols is 2. The second-order valence-electron chi connectivity index (χ2n) is 13.8. The number of hydrogen-bond acceptors (Lipinski definition) is 6. The molecule has 8 aromatic rings. The van der Waals surface area contributed by atoms with E-state index in [0.717, 1.165) is 43.8 Å². The van der Waals surface area contributed by atoms with Crippen LogP contribution in [0.3, 0.4) is 0 Å². The van der Waals surface area contributed by atoms with Gasteiger partial charge in [0.05, 0.1) is 0 Å². The normalized spacial score (nSPS) is 14.0. The number of benzene rings is 8. The maximum atomic E-state index is 12.3. The molecule has 0 heterocycles. The van der Waals surface area contributed by atoms with Gasteiger partial charge in [0.15, 0.2) is 0 Å². The van der Waals surface area contributed by atoms with Crippen LogP contribution in [-0.2, 0) is 0 Å². The highest BCUT2D eigenvalue weighted by Gasteiger charge is 2.25. The van der Waals surface area contributed by atoms with E-state index in [2.05, 4.69) is 0 Å². The third kappa shape index (κ3) is 7.31. The first-order valence-electron chi connectivity index (χ1n) is 18.6. The molecule has 4 N–H and O–H groups in total. The van der Waals surface area contributed by atoms with Crippen molar-refractivity contribution in [2.24, 2.45) is 9.98 Å². The van der Waals surface area contributed by atoms with E-state index in [1.54, 1.807) is 12.4 Å². The van der Waals surface area contributed by atoms with Crippen molar-refractivity contribution in [3.63, 3.8) is 0 Å². The number of hydrogen-bond donors (Lipinski definition) is 4. The molecule has 0 radical (unpaired) electrons. The smallest absolute Gasteiger partial charge is 0.132 e. The van der Waals surface area contributed by atoms with E-state index < -0.39 is 24.3 Å². The van der Waals surface area contributed by atoms with Crippen LogP contribution in [0.25, 0.3) is 32.7 Å². The van der Waals surface area contributed by atoms with Crippen molar-refractivity contribution in [3.05, 3.63) is 215 Å². The summed E-state index contributed by atoms with van der Waals surface area (Å²) in [7, 11) is 0. The van der Waals surface area contributed by atoms with Crippen LogP contribution in [0.15, 0.2) is 192 Å². The summed E-state index contributed by atoms with van der Waals surface area (Å²) in [6, 6.07) is 55.9. The van der Waals surface area contributed by atoms with Crippen LogP contribution in [0.1, 0.15) is 57.7 Å². The van der Waals surface area contributed by atoms with E-state index in [1.165, 1.54) is 0 Å². The van der Waals surface area contributed by atoms with Gasteiger partial charge < -0.3 is 20.4 Å². The van der Waals surface area contributed by atoms with Gasteiger partial charge in [-0.2, -0.15) is 0 Å². The second-order valence-corrected chi connectivity index (χ2v) is 13.8. The summed E-state index contributed by atoms with van der Waals surface area (Å²) >= 11 is 0. The van der Waals surface area contributed by atoms with Gasteiger partial charge in [0.2, 0.25) is 0 Å². The topological polar surface area (TPSA) is 106 Å². The molecular weight excluding hydrogens is 693 g/mol. The summed E-state index contributed by atoms with van der Waals surface area (Å²) in [6.45, 7) is 0. The number of aliphatic imine (C=N–C) groups is 2. The molecule has 0 spiro atoms. The molecule has 0 saturated heterocycles. The van der Waals surface area contributed by atoms with Gasteiger partial charge in [-0.25, -0.2) is 0 Å². The van der Waals surface area contributed by atoms with Crippen molar-refractivity contribution in [2.75, 3.05) is 0 Å². The maximum Gasteiger partial charge on any atom is 0.132 e. The number of phenolic OH excluding ortho intramolecular Hbond substituents is 2. The Balaban J connectivity index is 1.28. The van der Waals surface area contributed by atoms with Crippen LogP contribution in [0, 0.1) is 0 Å². The number of fused-ring (bicyclic) bond motifs is 2. The molecule has 56 heavy (non-hydrogen) atoms. The van der Waals surface area contributed by atoms with Crippen LogP contribution in [-0.4, -0.2) is 32.9 Å². The van der Waals surface area contributed by atoms with E-state index in [0.29, 0.717) is 22.3 Å². The van der Waals surface area contributed by atoms with Crippen LogP contribution >= 0.6 is 0 Å². The van der Waals surface area contributed by atoms with E-state index in [1.807, 2.05) is 182 Å². The van der Waals surface area contributed by atoms with Gasteiger partial charge in [0.1, 0.15) is 35.8 Å². The minimum Gasteiger partial charge on any atom is -0.507 e. The van der Waals surface area contributed by atoms with Gasteiger partial charge in [-0.1, -0.05) is 170 Å². The first-order chi connectivity index (χ1) is 27.5. The molecule has 0 bridgehead atoms. The number of rotatable bonds is 11. The fourth-order valence-electron chi connectivity index (χ4n) is 7.41. The van der Waals surface area contributed by atoms with Gasteiger partial charge in [-0.15, -0.1) is 0 Å². The van der Waals surface area contributed by atoms with Crippen LogP contribution < -0.4 is 0 Å². The average molecular weight is 733 g/mol. The molecule has 6 nitrogen and oxygen atoms in total. The highest BCUT2D eigenvalue weighted by molar-refractivity contribution is 6.14. The number of aliphatic hydroxyl groups excluding tert-OH is 2. The summed E-state index contributed by atoms with van der Waals surface area (Å²) in [5.74, 6) is -0.130. The van der Waals surface area contributed by atoms with Gasteiger partial charge >= 0.3 is 0 Å². The zero-order chi connectivity index (χ0) is 38.4. The first kappa shape index (κ1) is 36.1. The summed E-state index contributed by atoms with van der Waals surface area (Å²) in [5.41, 5.74) is 4.83. The van der Waals surface area contributed by atoms with Crippen molar-refractivity contribution >= 4 is 34.0 Å². The summed E-state index contributed by atoms with van der Waals surface area (Å²) in [5, 5.41) is 50.9. The fraction of sp³-hybridized carbons (Fsp3) is 0.0800. The lowest BCUT2D eigenvalue weighted by molar-refractivity contribution is 0.148. The Bertz CT molecular complexity index is 2460. The molecule has 0 aliphatic heterocycles. The molecule has 0 aliphatic carbocycles. The van der Waals surface area contributed by atoms with Crippen LogP contribution in [0.5, 0.6) is 11.5 Å². The Morgan fingerprint density at radius 2 is 0.679 bits per heavy atom. The molecule has 0 unspecified atom stereocenters. The van der Waals surface area contributed by atoms with Crippen LogP contribution in [0.2, 0.25) is 0 Å². The third-order valence-electron chi connectivity index (χ3n) is 10.3. The molecule has 0 fully saturated rings. The maximum absolute atomic E-state index is 12.3. The molecule has 0 aromatic heterocycles. The molecule has 0 aliphatic rings. The molecule has 0 saturated carbocycles. The Morgan fingerprint density at radius 1 is 0.375 bits per heavy atom. The zero-order valence-corrected chi connectivity index (χ0v) is 30.5. The Labute approximate surface area is 325 Å². The van der Waals surface area contributed by atoms with E-state index >= 15 is 0 Å². The number of nitrogens with zero attached hydrogens (tertiary/aromatic N) is 2. The largest absolute Gasteiger partial charge is 0.507 e. The lowest BCUT2D eigenvalue weighted by Crippen LogP contribution is -2.09. The van der Waals surface area contributed by atoms with Gasteiger partial charge in [0, 0.05) is 34.7 Å². The van der Waals surface area contributed by atoms with Crippen molar-refractivity contribution in [1.29, 1.82) is 0 Å². The van der Waals surface area contributed by atoms with Gasteiger partial charge in [-0.3, -0.25) is 9.98 Å². The molecule has 0 amide bonds. The predicted octanol–water partition coefficient (Wildman–Crippen LogP) is 10.9. The standard InChI is InChI=1S/C50H40N2O4/c53-47-39(31-51-45(33-17-5-1-6-18-33)49(55)35-21-9-3-10-22-35)29-37-25-13-15-27-41(37)43(47)44-42-28-16-14-26-38(42)30-40(48(44)54)32-52-46(34-19-7-2-8-20-34)50(56)36-23-11-4-12-24-36/h1-32,45-46,49-50,53-56H/t45-,46-,49+,50+/m0/s1. The van der Waals surface area contributed by atoms with Crippen molar-refractivity contribution in [2.45, 2.75) is 24.3 Å². The fourth-order valence-corrected chi connectivity index (χ4v) is 7.41. The minimum absolute atomic E-state index is 0.0651. The molecule has 6 heteroatoms. The summed E-state index contributed by atoms with van der Waals surface area (Å²) < 4.78 is 0. The first-order valence-corrected chi connectivity index (χ1v) is 18.6. The Kier molecular flexibility index (Phi) is 10.5. The second kappa shape index (κ2) is 16.2. The Morgan fingerprint density at radius 3 is 1.04 bits per heavy atom. The van der Waals surface area contributed by atoms with Crippen molar-refractivity contribution in [1.82, 2.24) is 0 Å². The molecule has 8 aromatic carbocycles. The van der Waals surface area contributed by atoms with Crippen molar-refractivity contribution in [3.8, 4) is 22.6 Å². The predicted molar refractivity (Wildman–Crippen MR) is 227 cm³/mol. The van der Waals surface area contributed by atoms with Crippen molar-refractivity contribution < 1.29 is 20.4 Å². The van der Waals surface area contributed by atoms with E-state index in [-0.39, 0.29) is 11.5 Å². The third-order valence-corrected chi connectivity index (χ3v) is 10.3. The molecule has 274 valence electrons.